The van der Waals surface area contributed by atoms with Crippen LogP contribution in [0.3, 0.4) is 0 Å². The predicted octanol–water partition coefficient (Wildman–Crippen LogP) is 3.99. The van der Waals surface area contributed by atoms with Crippen LogP contribution in [0.1, 0.15) is 58.8 Å². The lowest BCUT2D eigenvalue weighted by atomic mass is 9.81. The van der Waals surface area contributed by atoms with Crippen molar-refractivity contribution in [3.05, 3.63) is 0 Å². The normalized spacial score (nSPS) is 34.8. The van der Waals surface area contributed by atoms with E-state index in [4.69, 9.17) is 12.6 Å². The highest BCUT2D eigenvalue weighted by atomic mass is 32.1. The van der Waals surface area contributed by atoms with Crippen molar-refractivity contribution in [3.63, 3.8) is 0 Å². The van der Waals surface area contributed by atoms with Gasteiger partial charge in [0, 0.05) is 19.1 Å². The number of rotatable bonds is 3. The second-order valence-electron chi connectivity index (χ2n) is 6.69. The first kappa shape index (κ1) is 13.7. The molecule has 1 aliphatic heterocycles. The molecule has 0 aromatic carbocycles. The molecule has 2 unspecified atom stereocenters. The molecule has 1 saturated heterocycles. The topological polar surface area (TPSA) is 3.24 Å². The molecule has 1 nitrogen and oxygen atoms in total. The zero-order valence-corrected chi connectivity index (χ0v) is 12.5. The van der Waals surface area contributed by atoms with Crippen LogP contribution >= 0.6 is 12.6 Å². The average molecular weight is 255 g/mol. The number of hydrogen-bond donors (Lipinski definition) is 1. The van der Waals surface area contributed by atoms with Crippen LogP contribution in [0.15, 0.2) is 0 Å². The molecule has 0 radical (unpaired) electrons. The van der Waals surface area contributed by atoms with E-state index >= 15 is 0 Å². The first-order chi connectivity index (χ1) is 8.15. The molecule has 1 saturated carbocycles. The minimum absolute atomic E-state index is 0.526. The van der Waals surface area contributed by atoms with Crippen molar-refractivity contribution in [1.29, 1.82) is 0 Å². The Bertz CT molecular complexity index is 233. The highest BCUT2D eigenvalue weighted by Crippen LogP contribution is 2.38. The van der Waals surface area contributed by atoms with Crippen LogP contribution in [0.25, 0.3) is 0 Å². The molecular formula is C15H29NS. The average Bonchev–Trinajstić information content (AvgIpc) is 2.54. The van der Waals surface area contributed by atoms with E-state index in [1.165, 1.54) is 58.0 Å². The molecule has 2 atom stereocenters. The maximum atomic E-state index is 4.70. The SMILES string of the molecule is CC1CC(C)N(CC2(CS)CCCCCC2)C1. The lowest BCUT2D eigenvalue weighted by Crippen LogP contribution is -2.40. The van der Waals surface area contributed by atoms with Crippen molar-refractivity contribution < 1.29 is 0 Å². The first-order valence-electron chi connectivity index (χ1n) is 7.50. The van der Waals surface area contributed by atoms with Crippen molar-refractivity contribution in [1.82, 2.24) is 4.90 Å². The molecule has 0 aromatic heterocycles. The van der Waals surface area contributed by atoms with Crippen LogP contribution in [0.4, 0.5) is 0 Å². The van der Waals surface area contributed by atoms with Crippen molar-refractivity contribution in [2.45, 2.75) is 64.8 Å². The second kappa shape index (κ2) is 5.97. The molecule has 0 spiro atoms. The Labute approximate surface area is 113 Å². The maximum absolute atomic E-state index is 4.70. The minimum Gasteiger partial charge on any atom is -0.300 e. The van der Waals surface area contributed by atoms with E-state index in [1.54, 1.807) is 0 Å². The summed E-state index contributed by atoms with van der Waals surface area (Å²) in [6.45, 7) is 7.43. The van der Waals surface area contributed by atoms with Crippen molar-refractivity contribution >= 4 is 12.6 Å². The monoisotopic (exact) mass is 255 g/mol. The fourth-order valence-electron chi connectivity index (χ4n) is 3.88. The molecule has 0 N–H and O–H groups in total. The van der Waals surface area contributed by atoms with E-state index in [1.807, 2.05) is 0 Å². The highest BCUT2D eigenvalue weighted by molar-refractivity contribution is 7.80. The fraction of sp³-hybridized carbons (Fsp3) is 1.00. The van der Waals surface area contributed by atoms with Gasteiger partial charge >= 0.3 is 0 Å². The number of thiol groups is 1. The quantitative estimate of drug-likeness (QED) is 0.589. The maximum Gasteiger partial charge on any atom is 0.00702 e. The van der Waals surface area contributed by atoms with E-state index in [0.717, 1.165) is 17.7 Å². The van der Waals surface area contributed by atoms with Crippen LogP contribution in [0, 0.1) is 11.3 Å². The summed E-state index contributed by atoms with van der Waals surface area (Å²) in [5.41, 5.74) is 0.526. The largest absolute Gasteiger partial charge is 0.300 e. The minimum atomic E-state index is 0.526. The molecule has 2 rings (SSSR count). The van der Waals surface area contributed by atoms with Gasteiger partial charge in [-0.3, -0.25) is 4.90 Å². The number of likely N-dealkylation sites (tertiary alicyclic amines) is 1. The summed E-state index contributed by atoms with van der Waals surface area (Å²) >= 11 is 4.70. The van der Waals surface area contributed by atoms with Gasteiger partial charge in [-0.05, 0) is 43.3 Å². The van der Waals surface area contributed by atoms with E-state index in [9.17, 15) is 0 Å². The summed E-state index contributed by atoms with van der Waals surface area (Å²) in [7, 11) is 0. The summed E-state index contributed by atoms with van der Waals surface area (Å²) in [6.07, 6.45) is 9.96. The lowest BCUT2D eigenvalue weighted by molar-refractivity contribution is 0.144. The van der Waals surface area contributed by atoms with Crippen molar-refractivity contribution in [3.8, 4) is 0 Å². The Hall–Kier alpha value is 0.310. The summed E-state index contributed by atoms with van der Waals surface area (Å²) < 4.78 is 0. The van der Waals surface area contributed by atoms with Gasteiger partial charge in [0.2, 0.25) is 0 Å². The second-order valence-corrected chi connectivity index (χ2v) is 7.01. The Balaban J connectivity index is 1.97. The molecule has 1 aliphatic carbocycles. The van der Waals surface area contributed by atoms with Gasteiger partial charge in [-0.15, -0.1) is 0 Å². The molecule has 100 valence electrons. The zero-order valence-electron chi connectivity index (χ0n) is 11.6. The molecular weight excluding hydrogens is 226 g/mol. The van der Waals surface area contributed by atoms with Crippen LogP contribution in [0.2, 0.25) is 0 Å². The van der Waals surface area contributed by atoms with Gasteiger partial charge in [-0.1, -0.05) is 32.6 Å². The molecule has 17 heavy (non-hydrogen) atoms. The van der Waals surface area contributed by atoms with Crippen LogP contribution in [0.5, 0.6) is 0 Å². The van der Waals surface area contributed by atoms with Gasteiger partial charge in [0.1, 0.15) is 0 Å². The third-order valence-corrected chi connectivity index (χ3v) is 5.62. The van der Waals surface area contributed by atoms with Gasteiger partial charge in [0.25, 0.3) is 0 Å². The molecule has 1 heterocycles. The molecule has 0 bridgehead atoms. The van der Waals surface area contributed by atoms with Gasteiger partial charge in [0.05, 0.1) is 0 Å². The van der Waals surface area contributed by atoms with Gasteiger partial charge in [-0.25, -0.2) is 0 Å². The van der Waals surface area contributed by atoms with Gasteiger partial charge in [0.15, 0.2) is 0 Å². The summed E-state index contributed by atoms with van der Waals surface area (Å²) in [6, 6.07) is 0.796. The number of nitrogens with zero attached hydrogens (tertiary/aromatic N) is 1. The van der Waals surface area contributed by atoms with E-state index in [-0.39, 0.29) is 0 Å². The van der Waals surface area contributed by atoms with E-state index in [2.05, 4.69) is 18.7 Å². The molecule has 0 amide bonds. The Morgan fingerprint density at radius 1 is 1.12 bits per heavy atom. The summed E-state index contributed by atoms with van der Waals surface area (Å²) in [4.78, 5) is 2.74. The lowest BCUT2D eigenvalue weighted by Gasteiger charge is -2.37. The van der Waals surface area contributed by atoms with Crippen LogP contribution in [-0.2, 0) is 0 Å². The van der Waals surface area contributed by atoms with Crippen LogP contribution in [-0.4, -0.2) is 29.8 Å². The highest BCUT2D eigenvalue weighted by Gasteiger charge is 2.35. The molecule has 2 heteroatoms. The van der Waals surface area contributed by atoms with Gasteiger partial charge in [-0.2, -0.15) is 12.6 Å². The van der Waals surface area contributed by atoms with E-state index < -0.39 is 0 Å². The van der Waals surface area contributed by atoms with Crippen molar-refractivity contribution in [2.75, 3.05) is 18.8 Å². The standard InChI is InChI=1S/C15H29NS/c1-13-9-14(2)16(10-13)11-15(12-17)7-5-3-4-6-8-15/h13-14,17H,3-12H2,1-2H3. The third-order valence-electron chi connectivity index (χ3n) is 4.95. The third kappa shape index (κ3) is 3.41. The van der Waals surface area contributed by atoms with Crippen molar-refractivity contribution in [2.24, 2.45) is 11.3 Å². The van der Waals surface area contributed by atoms with Gasteiger partial charge < -0.3 is 0 Å². The Kier molecular flexibility index (Phi) is 4.82. The number of hydrogen-bond acceptors (Lipinski definition) is 2. The van der Waals surface area contributed by atoms with Crippen LogP contribution < -0.4 is 0 Å². The summed E-state index contributed by atoms with van der Waals surface area (Å²) in [5.74, 6) is 1.98. The fourth-order valence-corrected chi connectivity index (χ4v) is 4.30. The molecule has 0 aromatic rings. The molecule has 2 fully saturated rings. The summed E-state index contributed by atoms with van der Waals surface area (Å²) in [5, 5.41) is 0. The Morgan fingerprint density at radius 3 is 2.24 bits per heavy atom. The van der Waals surface area contributed by atoms with E-state index in [0.29, 0.717) is 5.41 Å². The Morgan fingerprint density at radius 2 is 1.76 bits per heavy atom. The first-order valence-corrected chi connectivity index (χ1v) is 8.13. The molecule has 2 aliphatic rings. The zero-order chi connectivity index (χ0) is 12.3. The predicted molar refractivity (Wildman–Crippen MR) is 78.8 cm³/mol. The smallest absolute Gasteiger partial charge is 0.00702 e.